The van der Waals surface area contributed by atoms with Crippen LogP contribution >= 0.6 is 0 Å². The number of esters is 1. The maximum Gasteiger partial charge on any atom is 0.338 e. The SMILES string of the molecule is CCOc1ccc([C@@H]2C(C(=O)OCCOC)=C(C)Nc3nnnn32)cc1. The van der Waals surface area contributed by atoms with Crippen LogP contribution in [-0.2, 0) is 14.3 Å². The first kappa shape index (κ1) is 17.9. The first-order valence-corrected chi connectivity index (χ1v) is 8.30. The van der Waals surface area contributed by atoms with Crippen molar-refractivity contribution in [2.24, 2.45) is 0 Å². The monoisotopic (exact) mass is 359 g/mol. The van der Waals surface area contributed by atoms with Gasteiger partial charge in [0.15, 0.2) is 0 Å². The van der Waals surface area contributed by atoms with E-state index >= 15 is 0 Å². The van der Waals surface area contributed by atoms with E-state index in [0.717, 1.165) is 11.3 Å². The number of aromatic nitrogens is 4. The van der Waals surface area contributed by atoms with E-state index in [4.69, 9.17) is 14.2 Å². The molecule has 0 spiro atoms. The van der Waals surface area contributed by atoms with E-state index in [1.807, 2.05) is 31.2 Å². The molecule has 0 radical (unpaired) electrons. The molecule has 1 aromatic carbocycles. The molecule has 1 N–H and O–H groups in total. The van der Waals surface area contributed by atoms with Crippen molar-refractivity contribution in [2.45, 2.75) is 19.9 Å². The van der Waals surface area contributed by atoms with Crippen LogP contribution < -0.4 is 10.1 Å². The molecule has 9 nitrogen and oxygen atoms in total. The minimum absolute atomic E-state index is 0.171. The lowest BCUT2D eigenvalue weighted by Crippen LogP contribution is -2.30. The molecule has 0 aliphatic carbocycles. The molecule has 138 valence electrons. The Balaban J connectivity index is 1.96. The molecule has 0 saturated heterocycles. The number of tetrazole rings is 1. The van der Waals surface area contributed by atoms with Gasteiger partial charge in [-0.3, -0.25) is 0 Å². The second-order valence-electron chi connectivity index (χ2n) is 5.64. The maximum atomic E-state index is 12.7. The number of rotatable bonds is 7. The Morgan fingerprint density at radius 1 is 1.27 bits per heavy atom. The van der Waals surface area contributed by atoms with E-state index in [2.05, 4.69) is 20.8 Å². The van der Waals surface area contributed by atoms with Crippen molar-refractivity contribution in [3.63, 3.8) is 0 Å². The number of nitrogens with zero attached hydrogens (tertiary/aromatic N) is 4. The highest BCUT2D eigenvalue weighted by Crippen LogP contribution is 2.35. The first-order chi connectivity index (χ1) is 12.7. The number of carbonyl (C=O) groups excluding carboxylic acids is 1. The minimum atomic E-state index is -0.494. The Labute approximate surface area is 150 Å². The largest absolute Gasteiger partial charge is 0.494 e. The molecule has 1 aliphatic heterocycles. The van der Waals surface area contributed by atoms with Gasteiger partial charge in [-0.2, -0.15) is 4.68 Å². The molecule has 0 unspecified atom stereocenters. The molecule has 9 heteroatoms. The van der Waals surface area contributed by atoms with Crippen molar-refractivity contribution in [1.82, 2.24) is 20.2 Å². The second kappa shape index (κ2) is 7.96. The summed E-state index contributed by atoms with van der Waals surface area (Å²) in [6.45, 7) is 4.81. The van der Waals surface area contributed by atoms with Crippen LogP contribution in [-0.4, -0.2) is 53.1 Å². The Hall–Kier alpha value is -2.94. The molecular weight excluding hydrogens is 338 g/mol. The lowest BCUT2D eigenvalue weighted by atomic mass is 9.96. The van der Waals surface area contributed by atoms with E-state index in [0.29, 0.717) is 30.4 Å². The summed E-state index contributed by atoms with van der Waals surface area (Å²) in [5, 5.41) is 14.7. The highest BCUT2D eigenvalue weighted by atomic mass is 16.6. The summed E-state index contributed by atoms with van der Waals surface area (Å²) in [7, 11) is 1.55. The zero-order valence-electron chi connectivity index (χ0n) is 14.9. The molecule has 26 heavy (non-hydrogen) atoms. The van der Waals surface area contributed by atoms with Gasteiger partial charge in [-0.15, -0.1) is 0 Å². The normalized spacial score (nSPS) is 16.0. The standard InChI is InChI=1S/C17H21N5O4/c1-4-25-13-7-5-12(6-8-13)15-14(16(23)26-10-9-24-3)11(2)18-17-19-20-21-22(15)17/h5-8,15H,4,9-10H2,1-3H3,(H,18,19,21)/t15-/m1/s1. The fraction of sp³-hybridized carbons (Fsp3) is 0.412. The molecule has 0 amide bonds. The highest BCUT2D eigenvalue weighted by Gasteiger charge is 2.34. The van der Waals surface area contributed by atoms with Crippen LogP contribution in [0, 0.1) is 0 Å². The number of methoxy groups -OCH3 is 1. The summed E-state index contributed by atoms with van der Waals surface area (Å²) in [5.74, 6) is 0.786. The number of hydrogen-bond acceptors (Lipinski definition) is 8. The topological polar surface area (TPSA) is 100 Å². The molecule has 2 aromatic rings. The Bertz CT molecular complexity index is 800. The lowest BCUT2D eigenvalue weighted by molar-refractivity contribution is -0.140. The van der Waals surface area contributed by atoms with E-state index in [9.17, 15) is 4.79 Å². The van der Waals surface area contributed by atoms with Gasteiger partial charge in [-0.05, 0) is 42.0 Å². The molecule has 1 aromatic heterocycles. The van der Waals surface area contributed by atoms with Gasteiger partial charge in [0.25, 0.3) is 0 Å². The number of hydrogen-bond donors (Lipinski definition) is 1. The third kappa shape index (κ3) is 3.52. The number of ether oxygens (including phenoxy) is 3. The molecular formula is C17H21N5O4. The molecule has 0 bridgehead atoms. The summed E-state index contributed by atoms with van der Waals surface area (Å²) in [6, 6.07) is 7.00. The zero-order valence-corrected chi connectivity index (χ0v) is 14.9. The van der Waals surface area contributed by atoms with Crippen LogP contribution in [0.2, 0.25) is 0 Å². The van der Waals surface area contributed by atoms with Crippen LogP contribution in [0.15, 0.2) is 35.5 Å². The van der Waals surface area contributed by atoms with Crippen LogP contribution in [0.3, 0.4) is 0 Å². The van der Waals surface area contributed by atoms with E-state index in [-0.39, 0.29) is 6.61 Å². The Morgan fingerprint density at radius 2 is 2.04 bits per heavy atom. The number of anilines is 1. The van der Waals surface area contributed by atoms with E-state index < -0.39 is 12.0 Å². The summed E-state index contributed by atoms with van der Waals surface area (Å²) in [5.41, 5.74) is 1.94. The van der Waals surface area contributed by atoms with Crippen LogP contribution in [0.5, 0.6) is 5.75 Å². The number of benzene rings is 1. The zero-order chi connectivity index (χ0) is 18.5. The van der Waals surface area contributed by atoms with Crippen molar-refractivity contribution in [3.05, 3.63) is 41.1 Å². The van der Waals surface area contributed by atoms with Crippen LogP contribution in [0.1, 0.15) is 25.5 Å². The second-order valence-corrected chi connectivity index (χ2v) is 5.64. The quantitative estimate of drug-likeness (QED) is 0.587. The average molecular weight is 359 g/mol. The summed E-state index contributed by atoms with van der Waals surface area (Å²) in [4.78, 5) is 12.7. The predicted octanol–water partition coefficient (Wildman–Crippen LogP) is 1.55. The summed E-state index contributed by atoms with van der Waals surface area (Å²) < 4.78 is 17.3. The van der Waals surface area contributed by atoms with Gasteiger partial charge in [0.1, 0.15) is 18.4 Å². The van der Waals surface area contributed by atoms with Crippen molar-refractivity contribution < 1.29 is 19.0 Å². The predicted molar refractivity (Wildman–Crippen MR) is 92.7 cm³/mol. The molecule has 1 aliphatic rings. The molecule has 2 heterocycles. The Morgan fingerprint density at radius 3 is 2.73 bits per heavy atom. The third-order valence-corrected chi connectivity index (χ3v) is 3.96. The van der Waals surface area contributed by atoms with E-state index in [1.54, 1.807) is 18.7 Å². The fourth-order valence-corrected chi connectivity index (χ4v) is 2.79. The lowest BCUT2D eigenvalue weighted by Gasteiger charge is -2.27. The van der Waals surface area contributed by atoms with Crippen molar-refractivity contribution in [2.75, 3.05) is 32.2 Å². The Kier molecular flexibility index (Phi) is 5.47. The van der Waals surface area contributed by atoms with E-state index in [1.165, 1.54) is 0 Å². The maximum absolute atomic E-state index is 12.7. The van der Waals surface area contributed by atoms with Gasteiger partial charge >= 0.3 is 5.97 Å². The van der Waals surface area contributed by atoms with Gasteiger partial charge < -0.3 is 19.5 Å². The molecule has 0 saturated carbocycles. The first-order valence-electron chi connectivity index (χ1n) is 8.30. The van der Waals surface area contributed by atoms with Gasteiger partial charge in [0.05, 0.1) is 18.8 Å². The molecule has 3 rings (SSSR count). The van der Waals surface area contributed by atoms with Gasteiger partial charge in [-0.25, -0.2) is 4.79 Å². The minimum Gasteiger partial charge on any atom is -0.494 e. The molecule has 1 atom stereocenters. The van der Waals surface area contributed by atoms with Gasteiger partial charge in [0, 0.05) is 12.8 Å². The van der Waals surface area contributed by atoms with Crippen molar-refractivity contribution in [1.29, 1.82) is 0 Å². The van der Waals surface area contributed by atoms with Gasteiger partial charge in [0.2, 0.25) is 5.95 Å². The summed E-state index contributed by atoms with van der Waals surface area (Å²) in [6.07, 6.45) is 0. The smallest absolute Gasteiger partial charge is 0.338 e. The average Bonchev–Trinajstić information content (AvgIpc) is 3.09. The number of allylic oxidation sites excluding steroid dienone is 1. The third-order valence-electron chi connectivity index (χ3n) is 3.96. The number of fused-ring (bicyclic) bond motifs is 1. The molecule has 0 fully saturated rings. The summed E-state index contributed by atoms with van der Waals surface area (Å²) >= 11 is 0. The van der Waals surface area contributed by atoms with Crippen LogP contribution in [0.4, 0.5) is 5.95 Å². The highest BCUT2D eigenvalue weighted by molar-refractivity contribution is 5.92. The fourth-order valence-electron chi connectivity index (χ4n) is 2.79. The van der Waals surface area contributed by atoms with Crippen molar-refractivity contribution in [3.8, 4) is 5.75 Å². The van der Waals surface area contributed by atoms with Crippen molar-refractivity contribution >= 4 is 11.9 Å². The van der Waals surface area contributed by atoms with Crippen LogP contribution in [0.25, 0.3) is 0 Å². The number of nitrogens with one attached hydrogen (secondary N) is 1. The van der Waals surface area contributed by atoms with Gasteiger partial charge in [-0.1, -0.05) is 17.2 Å². The number of carbonyl (C=O) groups is 1.